The fraction of sp³-hybridized carbons (Fsp3) is 0.429. The molecule has 2 fully saturated rings. The van der Waals surface area contributed by atoms with Crippen molar-refractivity contribution in [3.63, 3.8) is 0 Å². The maximum Gasteiger partial charge on any atom is 0.420 e. The first-order valence-electron chi connectivity index (χ1n) is 23.5. The summed E-state index contributed by atoms with van der Waals surface area (Å²) in [4.78, 5) is 53.4. The molecule has 0 bridgehead atoms. The third-order valence-corrected chi connectivity index (χ3v) is 15.0. The molecule has 5 N–H and O–H groups in total. The molecule has 6 aromatic rings. The Labute approximate surface area is 407 Å². The standard InChI is InChI=1S/C49H58BrF2N10O6P/c1-7-28-22-36(58-48-55-26-33(50)46(60-48)57-37-23-35(52)43-32(45(37)69(5,6)66)11-10-29(8-2)56-43)41(67-9-3)25-39(28)61-20-15-30(16-21-61)54-19-18-53-17-14-31-27(4)34(51)24-40-44(31)68-49(65)62(40)38-12-13-42(63)59-47(38)64/h10-11,22-26,30,38,53-54H,7-9,12-21H2,1-6H3,(H,59,63,64)(H2,55,57,58,60). The van der Waals surface area contributed by atoms with Gasteiger partial charge in [0, 0.05) is 90.7 Å². The number of carbonyl (C=O) groups is 2. The summed E-state index contributed by atoms with van der Waals surface area (Å²) in [6.07, 6.45) is 5.50. The number of amides is 2. The van der Waals surface area contributed by atoms with Gasteiger partial charge < -0.3 is 39.9 Å². The Morgan fingerprint density at radius 3 is 2.43 bits per heavy atom. The fourth-order valence-corrected chi connectivity index (χ4v) is 11.1. The number of ether oxygens (including phenoxy) is 1. The quantitative estimate of drug-likeness (QED) is 0.0316. The van der Waals surface area contributed by atoms with Crippen LogP contribution >= 0.6 is 23.1 Å². The lowest BCUT2D eigenvalue weighted by molar-refractivity contribution is -0.135. The number of imide groups is 1. The number of nitrogens with one attached hydrogen (secondary N) is 5. The van der Waals surface area contributed by atoms with Crippen molar-refractivity contribution < 1.29 is 32.1 Å². The van der Waals surface area contributed by atoms with Crippen LogP contribution in [-0.4, -0.2) is 90.0 Å². The van der Waals surface area contributed by atoms with E-state index in [1.807, 2.05) is 19.9 Å². The highest BCUT2D eigenvalue weighted by Crippen LogP contribution is 2.43. The number of anilines is 5. The molecule has 3 aromatic carbocycles. The molecule has 20 heteroatoms. The number of aromatic nitrogens is 4. The van der Waals surface area contributed by atoms with E-state index in [0.29, 0.717) is 87.8 Å². The Hall–Kier alpha value is -5.75. The predicted molar refractivity (Wildman–Crippen MR) is 270 cm³/mol. The van der Waals surface area contributed by atoms with E-state index in [9.17, 15) is 18.9 Å². The molecule has 1 atom stereocenters. The summed E-state index contributed by atoms with van der Waals surface area (Å²) in [6.45, 7) is 15.0. The summed E-state index contributed by atoms with van der Waals surface area (Å²) in [5.74, 6) is -1.51. The number of pyridine rings is 1. The molecular formula is C49H58BrF2N10O6P. The van der Waals surface area contributed by atoms with Crippen molar-refractivity contribution in [3.05, 3.63) is 91.6 Å². The van der Waals surface area contributed by atoms with E-state index in [-0.39, 0.29) is 35.4 Å². The average molecular weight is 1030 g/mol. The van der Waals surface area contributed by atoms with Gasteiger partial charge in [-0.25, -0.2) is 23.5 Å². The lowest BCUT2D eigenvalue weighted by atomic mass is 10.0. The van der Waals surface area contributed by atoms with Crippen LogP contribution in [0.5, 0.6) is 5.75 Å². The van der Waals surface area contributed by atoms with E-state index in [2.05, 4.69) is 76.4 Å². The zero-order chi connectivity index (χ0) is 49.1. The van der Waals surface area contributed by atoms with Gasteiger partial charge in [0.15, 0.2) is 11.4 Å². The molecule has 2 saturated heterocycles. The van der Waals surface area contributed by atoms with Crippen molar-refractivity contribution in [1.29, 1.82) is 0 Å². The highest BCUT2D eigenvalue weighted by molar-refractivity contribution is 9.10. The van der Waals surface area contributed by atoms with Gasteiger partial charge in [0.05, 0.1) is 28.0 Å². The van der Waals surface area contributed by atoms with E-state index < -0.39 is 42.4 Å². The van der Waals surface area contributed by atoms with Crippen LogP contribution in [0.3, 0.4) is 0 Å². The van der Waals surface area contributed by atoms with E-state index in [1.54, 1.807) is 32.5 Å². The van der Waals surface area contributed by atoms with Crippen LogP contribution in [0.15, 0.2) is 56.3 Å². The number of piperidine rings is 2. The Balaban J connectivity index is 0.883. The summed E-state index contributed by atoms with van der Waals surface area (Å²) in [6, 6.07) is 9.69. The average Bonchev–Trinajstić information content (AvgIpc) is 3.64. The molecule has 0 saturated carbocycles. The van der Waals surface area contributed by atoms with Crippen LogP contribution in [-0.2, 0) is 33.4 Å². The van der Waals surface area contributed by atoms with Crippen LogP contribution in [0, 0.1) is 18.6 Å². The Bertz CT molecular complexity index is 3040. The number of carbonyl (C=O) groups excluding carboxylic acids is 2. The number of halogens is 3. The van der Waals surface area contributed by atoms with Gasteiger partial charge in [0.1, 0.15) is 36.1 Å². The molecule has 2 amide bonds. The number of aryl methyl sites for hydroxylation is 2. The first-order valence-corrected chi connectivity index (χ1v) is 26.9. The van der Waals surface area contributed by atoms with Crippen LogP contribution in [0.4, 0.5) is 37.6 Å². The lowest BCUT2D eigenvalue weighted by Gasteiger charge is -2.35. The first kappa shape index (κ1) is 49.7. The normalized spacial score (nSPS) is 15.8. The topological polar surface area (TPSA) is 198 Å². The lowest BCUT2D eigenvalue weighted by Crippen LogP contribution is -2.44. The molecule has 8 rings (SSSR count). The van der Waals surface area contributed by atoms with Crippen molar-refractivity contribution in [2.24, 2.45) is 0 Å². The number of fused-ring (bicyclic) bond motifs is 2. The minimum Gasteiger partial charge on any atom is -0.492 e. The van der Waals surface area contributed by atoms with Crippen LogP contribution in [0.25, 0.3) is 22.0 Å². The molecule has 0 spiro atoms. The smallest absolute Gasteiger partial charge is 0.420 e. The number of nitrogens with zero attached hydrogens (tertiary/aromatic N) is 5. The van der Waals surface area contributed by atoms with E-state index in [4.69, 9.17) is 14.1 Å². The second-order valence-corrected chi connectivity index (χ2v) is 21.8. The van der Waals surface area contributed by atoms with Crippen LogP contribution in [0.2, 0.25) is 0 Å². The Morgan fingerprint density at radius 1 is 0.942 bits per heavy atom. The fourth-order valence-electron chi connectivity index (χ4n) is 9.32. The third-order valence-electron chi connectivity index (χ3n) is 12.8. The molecule has 1 unspecified atom stereocenters. The molecule has 16 nitrogen and oxygen atoms in total. The van der Waals surface area contributed by atoms with Crippen molar-refractivity contribution in [2.45, 2.75) is 84.7 Å². The summed E-state index contributed by atoms with van der Waals surface area (Å²) in [5, 5.41) is 16.9. The third kappa shape index (κ3) is 10.7. The van der Waals surface area contributed by atoms with Gasteiger partial charge in [-0.2, -0.15) is 4.98 Å². The second-order valence-electron chi connectivity index (χ2n) is 17.8. The van der Waals surface area contributed by atoms with Gasteiger partial charge >= 0.3 is 5.76 Å². The molecular weight excluding hydrogens is 973 g/mol. The molecule has 69 heavy (non-hydrogen) atoms. The zero-order valence-electron chi connectivity index (χ0n) is 39.7. The summed E-state index contributed by atoms with van der Waals surface area (Å²) in [7, 11) is -2.94. The van der Waals surface area contributed by atoms with Gasteiger partial charge in [-0.1, -0.05) is 19.9 Å². The SMILES string of the molecule is CCOc1cc(N2CCC(NCCNCCc3c(C)c(F)cc4c3oc(=O)n4C3CCC(=O)NC3=O)CC2)c(CC)cc1Nc1ncc(Br)c(Nc2cc(F)c3nc(CC)ccc3c2P(C)(C)=O)n1. The molecule has 366 valence electrons. The van der Waals surface area contributed by atoms with Crippen molar-refractivity contribution in [2.75, 3.05) is 68.2 Å². The number of hydrogen-bond donors (Lipinski definition) is 5. The largest absolute Gasteiger partial charge is 0.492 e. The maximum absolute atomic E-state index is 15.6. The Morgan fingerprint density at radius 2 is 1.72 bits per heavy atom. The number of benzene rings is 3. The number of rotatable bonds is 18. The van der Waals surface area contributed by atoms with Gasteiger partial charge in [-0.3, -0.25) is 19.5 Å². The minimum absolute atomic E-state index is 0.0772. The minimum atomic E-state index is -2.94. The molecule has 2 aliphatic rings. The van der Waals surface area contributed by atoms with E-state index in [0.717, 1.165) is 60.4 Å². The number of oxazole rings is 1. The van der Waals surface area contributed by atoms with Gasteiger partial charge in [-0.15, -0.1) is 0 Å². The van der Waals surface area contributed by atoms with Crippen molar-refractivity contribution in [3.8, 4) is 5.75 Å². The maximum atomic E-state index is 15.6. The monoisotopic (exact) mass is 1030 g/mol. The van der Waals surface area contributed by atoms with Crippen molar-refractivity contribution in [1.82, 2.24) is 35.5 Å². The molecule has 3 aromatic heterocycles. The summed E-state index contributed by atoms with van der Waals surface area (Å²) in [5.41, 5.74) is 5.60. The zero-order valence-corrected chi connectivity index (χ0v) is 42.1. The molecule has 0 aliphatic carbocycles. The molecule has 5 heterocycles. The van der Waals surface area contributed by atoms with Crippen LogP contribution in [0.1, 0.15) is 74.9 Å². The van der Waals surface area contributed by atoms with Gasteiger partial charge in [0.2, 0.25) is 17.8 Å². The van der Waals surface area contributed by atoms with Crippen LogP contribution < -0.4 is 47.3 Å². The highest BCUT2D eigenvalue weighted by Gasteiger charge is 2.33. The first-order chi connectivity index (χ1) is 33.1. The predicted octanol–water partition coefficient (Wildman–Crippen LogP) is 7.91. The van der Waals surface area contributed by atoms with Gasteiger partial charge in [0.25, 0.3) is 0 Å². The van der Waals surface area contributed by atoms with E-state index >= 15 is 8.78 Å². The van der Waals surface area contributed by atoms with Gasteiger partial charge in [-0.05, 0) is 111 Å². The van der Waals surface area contributed by atoms with E-state index in [1.165, 1.54) is 12.1 Å². The van der Waals surface area contributed by atoms with Crippen molar-refractivity contribution >= 4 is 91.0 Å². The molecule has 0 radical (unpaired) electrons. The molecule has 2 aliphatic heterocycles. The summed E-state index contributed by atoms with van der Waals surface area (Å²) < 4.78 is 58.0. The number of hydrogen-bond acceptors (Lipinski definition) is 14. The highest BCUT2D eigenvalue weighted by atomic mass is 79.9. The Kier molecular flexibility index (Phi) is 15.2. The summed E-state index contributed by atoms with van der Waals surface area (Å²) >= 11 is 3.55. The second kappa shape index (κ2) is 21.1.